The summed E-state index contributed by atoms with van der Waals surface area (Å²) in [6, 6.07) is 17.6. The fourth-order valence-electron chi connectivity index (χ4n) is 2.42. The van der Waals surface area contributed by atoms with Gasteiger partial charge in [-0.1, -0.05) is 104 Å². The second-order valence-corrected chi connectivity index (χ2v) is 10.2. The molecule has 0 unspecified atom stereocenters. The molecule has 2 aromatic rings. The van der Waals surface area contributed by atoms with Crippen molar-refractivity contribution in [2.24, 2.45) is 10.8 Å². The predicted molar refractivity (Wildman–Crippen MR) is 113 cm³/mol. The van der Waals surface area contributed by atoms with E-state index >= 15 is 0 Å². The Balaban J connectivity index is 0.000000262. The molecule has 0 heterocycles. The molecular formula is C25H38. The molecule has 3 rings (SSSR count). The molecule has 1 aliphatic rings. The van der Waals surface area contributed by atoms with Crippen LogP contribution in [0.1, 0.15) is 77.6 Å². The van der Waals surface area contributed by atoms with Crippen molar-refractivity contribution in [3.05, 3.63) is 70.8 Å². The van der Waals surface area contributed by atoms with Gasteiger partial charge in [-0.25, -0.2) is 0 Å². The Morgan fingerprint density at radius 2 is 0.720 bits per heavy atom. The van der Waals surface area contributed by atoms with Crippen LogP contribution < -0.4 is 0 Å². The van der Waals surface area contributed by atoms with Gasteiger partial charge in [0.15, 0.2) is 0 Å². The number of hydrogen-bond acceptors (Lipinski definition) is 0. The average molecular weight is 339 g/mol. The Morgan fingerprint density at radius 1 is 0.480 bits per heavy atom. The van der Waals surface area contributed by atoms with E-state index in [1.807, 2.05) is 0 Å². The van der Waals surface area contributed by atoms with Crippen LogP contribution in [0.4, 0.5) is 0 Å². The van der Waals surface area contributed by atoms with Gasteiger partial charge in [0.05, 0.1) is 0 Å². The molecule has 25 heavy (non-hydrogen) atoms. The molecule has 0 amide bonds. The standard InChI is InChI=1S/C15H14.2C5H12/c1-3-7-14-11-15-8-4-2-6-13(15)10-9-12(14)5-1;2*1-5(2,3)4/h1-8H,9-11H2;2*1-4H3. The van der Waals surface area contributed by atoms with E-state index in [2.05, 4.69) is 104 Å². The molecule has 0 atom stereocenters. The van der Waals surface area contributed by atoms with Crippen LogP contribution in [0.15, 0.2) is 48.5 Å². The molecular weight excluding hydrogens is 300 g/mol. The SMILES string of the molecule is CC(C)(C)C.CC(C)(C)C.c1ccc2c(c1)CCc1ccccc1C2. The smallest absolute Gasteiger partial charge is 0.00203 e. The minimum Gasteiger partial charge on any atom is -0.0620 e. The van der Waals surface area contributed by atoms with Crippen molar-refractivity contribution in [1.29, 1.82) is 0 Å². The molecule has 2 aromatic carbocycles. The molecule has 0 bridgehead atoms. The van der Waals surface area contributed by atoms with Gasteiger partial charge in [-0.2, -0.15) is 0 Å². The van der Waals surface area contributed by atoms with Crippen molar-refractivity contribution >= 4 is 0 Å². The van der Waals surface area contributed by atoms with E-state index in [0.717, 1.165) is 6.42 Å². The number of rotatable bonds is 0. The van der Waals surface area contributed by atoms with Gasteiger partial charge in [0.2, 0.25) is 0 Å². The second-order valence-electron chi connectivity index (χ2n) is 10.2. The zero-order valence-corrected chi connectivity index (χ0v) is 17.7. The van der Waals surface area contributed by atoms with E-state index in [9.17, 15) is 0 Å². The molecule has 0 spiro atoms. The van der Waals surface area contributed by atoms with Crippen LogP contribution in [-0.2, 0) is 19.3 Å². The van der Waals surface area contributed by atoms with Gasteiger partial charge >= 0.3 is 0 Å². The molecule has 0 aromatic heterocycles. The van der Waals surface area contributed by atoms with Crippen molar-refractivity contribution in [1.82, 2.24) is 0 Å². The van der Waals surface area contributed by atoms with Crippen molar-refractivity contribution < 1.29 is 0 Å². The summed E-state index contributed by atoms with van der Waals surface area (Å²) in [5, 5.41) is 0. The lowest BCUT2D eigenvalue weighted by Crippen LogP contribution is -1.93. The monoisotopic (exact) mass is 338 g/mol. The Hall–Kier alpha value is -1.56. The Bertz CT molecular complexity index is 566. The van der Waals surface area contributed by atoms with Crippen molar-refractivity contribution in [2.45, 2.75) is 74.7 Å². The molecule has 138 valence electrons. The summed E-state index contributed by atoms with van der Waals surface area (Å²) in [6.07, 6.45) is 3.48. The lowest BCUT2D eigenvalue weighted by atomic mass is 10.0. The first-order chi connectivity index (χ1) is 11.4. The van der Waals surface area contributed by atoms with E-state index in [1.165, 1.54) is 35.1 Å². The van der Waals surface area contributed by atoms with Gasteiger partial charge in [0.25, 0.3) is 0 Å². The second kappa shape index (κ2) is 9.22. The van der Waals surface area contributed by atoms with Gasteiger partial charge < -0.3 is 0 Å². The summed E-state index contributed by atoms with van der Waals surface area (Å²) in [5.41, 5.74) is 7.05. The first kappa shape index (κ1) is 21.5. The fourth-order valence-corrected chi connectivity index (χ4v) is 2.42. The molecule has 0 fully saturated rings. The summed E-state index contributed by atoms with van der Waals surface area (Å²) < 4.78 is 0. The van der Waals surface area contributed by atoms with Crippen LogP contribution in [-0.4, -0.2) is 0 Å². The highest BCUT2D eigenvalue weighted by atomic mass is 14.2. The van der Waals surface area contributed by atoms with Crippen LogP contribution in [0.2, 0.25) is 0 Å². The maximum atomic E-state index is 2.27. The highest BCUT2D eigenvalue weighted by Gasteiger charge is 2.11. The molecule has 1 aliphatic carbocycles. The fraction of sp³-hybridized carbons (Fsp3) is 0.520. The van der Waals surface area contributed by atoms with Crippen molar-refractivity contribution in [3.63, 3.8) is 0 Å². The molecule has 0 nitrogen and oxygen atoms in total. The van der Waals surface area contributed by atoms with E-state index in [1.54, 1.807) is 0 Å². The average Bonchev–Trinajstić information content (AvgIpc) is 2.62. The first-order valence-corrected chi connectivity index (χ1v) is 9.57. The number of benzene rings is 2. The Labute approximate surface area is 156 Å². The molecule has 0 heteroatoms. The number of aryl methyl sites for hydroxylation is 2. The summed E-state index contributed by atoms with van der Waals surface area (Å²) in [5.74, 6) is 0. The summed E-state index contributed by atoms with van der Waals surface area (Å²) in [4.78, 5) is 0. The number of fused-ring (bicyclic) bond motifs is 2. The maximum absolute atomic E-state index is 2.27. The highest BCUT2D eigenvalue weighted by Crippen LogP contribution is 2.23. The third-order valence-corrected chi connectivity index (χ3v) is 3.28. The minimum atomic E-state index is 0.500. The van der Waals surface area contributed by atoms with Crippen LogP contribution >= 0.6 is 0 Å². The molecule has 0 N–H and O–H groups in total. The molecule has 0 aliphatic heterocycles. The normalized spacial score (nSPS) is 13.1. The third-order valence-electron chi connectivity index (χ3n) is 3.28. The molecule has 0 radical (unpaired) electrons. The third kappa shape index (κ3) is 10.8. The maximum Gasteiger partial charge on any atom is -0.00203 e. The molecule has 0 saturated carbocycles. The van der Waals surface area contributed by atoms with E-state index in [4.69, 9.17) is 0 Å². The largest absolute Gasteiger partial charge is 0.0620 e. The first-order valence-electron chi connectivity index (χ1n) is 9.57. The number of hydrogen-bond donors (Lipinski definition) is 0. The minimum absolute atomic E-state index is 0.500. The van der Waals surface area contributed by atoms with Crippen LogP contribution in [0.5, 0.6) is 0 Å². The van der Waals surface area contributed by atoms with E-state index < -0.39 is 0 Å². The highest BCUT2D eigenvalue weighted by molar-refractivity contribution is 5.40. The zero-order valence-electron chi connectivity index (χ0n) is 17.7. The van der Waals surface area contributed by atoms with Gasteiger partial charge in [-0.15, -0.1) is 0 Å². The summed E-state index contributed by atoms with van der Waals surface area (Å²) in [6.45, 7) is 17.5. The zero-order chi connectivity index (χ0) is 19.1. The van der Waals surface area contributed by atoms with Gasteiger partial charge in [0.1, 0.15) is 0 Å². The van der Waals surface area contributed by atoms with Crippen LogP contribution in [0.25, 0.3) is 0 Å². The summed E-state index contributed by atoms with van der Waals surface area (Å²) in [7, 11) is 0. The predicted octanol–water partition coefficient (Wildman–Crippen LogP) is 7.48. The topological polar surface area (TPSA) is 0 Å². The lowest BCUT2D eigenvalue weighted by molar-refractivity contribution is 0.469. The Morgan fingerprint density at radius 3 is 1.00 bits per heavy atom. The lowest BCUT2D eigenvalue weighted by Gasteiger charge is -2.05. The van der Waals surface area contributed by atoms with Crippen molar-refractivity contribution in [3.8, 4) is 0 Å². The van der Waals surface area contributed by atoms with Gasteiger partial charge in [-0.05, 0) is 52.3 Å². The van der Waals surface area contributed by atoms with Crippen molar-refractivity contribution in [2.75, 3.05) is 0 Å². The van der Waals surface area contributed by atoms with Gasteiger partial charge in [0, 0.05) is 0 Å². The van der Waals surface area contributed by atoms with Gasteiger partial charge in [-0.3, -0.25) is 0 Å². The quantitative estimate of drug-likeness (QED) is 0.467. The molecule has 0 saturated heterocycles. The summed E-state index contributed by atoms with van der Waals surface area (Å²) >= 11 is 0. The van der Waals surface area contributed by atoms with E-state index in [-0.39, 0.29) is 0 Å². The van der Waals surface area contributed by atoms with Crippen LogP contribution in [0.3, 0.4) is 0 Å². The Kier molecular flexibility index (Phi) is 7.93. The van der Waals surface area contributed by atoms with E-state index in [0.29, 0.717) is 10.8 Å². The van der Waals surface area contributed by atoms with Crippen LogP contribution in [0, 0.1) is 10.8 Å².